The van der Waals surface area contributed by atoms with E-state index in [1.165, 1.54) is 64.8 Å². The molecule has 0 aromatic heterocycles. The summed E-state index contributed by atoms with van der Waals surface area (Å²) in [6.07, 6.45) is 13.5. The molecule has 1 aliphatic carbocycles. The zero-order valence-electron chi connectivity index (χ0n) is 18.1. The van der Waals surface area contributed by atoms with E-state index in [1.807, 2.05) is 14.2 Å². The molecule has 154 valence electrons. The van der Waals surface area contributed by atoms with Crippen molar-refractivity contribution in [3.63, 3.8) is 0 Å². The summed E-state index contributed by atoms with van der Waals surface area (Å²) in [5.74, 6) is 2.23. The molecule has 0 amide bonds. The van der Waals surface area contributed by atoms with Gasteiger partial charge in [-0.05, 0) is 83.4 Å². The third-order valence-electron chi connectivity index (χ3n) is 7.24. The summed E-state index contributed by atoms with van der Waals surface area (Å²) in [4.78, 5) is 5.29. The summed E-state index contributed by atoms with van der Waals surface area (Å²) < 4.78 is 11.8. The van der Waals surface area contributed by atoms with Crippen LogP contribution in [0.2, 0.25) is 0 Å². The molecule has 0 atom stereocenters. The highest BCUT2D eigenvalue weighted by Crippen LogP contribution is 2.51. The van der Waals surface area contributed by atoms with Crippen LogP contribution < -0.4 is 0 Å². The molecule has 2 heterocycles. The summed E-state index contributed by atoms with van der Waals surface area (Å²) in [5.41, 5.74) is -0.00785. The minimum absolute atomic E-state index is 0.0790. The van der Waals surface area contributed by atoms with Gasteiger partial charge in [-0.1, -0.05) is 20.3 Å². The van der Waals surface area contributed by atoms with Crippen LogP contribution >= 0.6 is 0 Å². The first-order valence-electron chi connectivity index (χ1n) is 11.1. The number of likely N-dealkylation sites (tertiary alicyclic amines) is 2. The van der Waals surface area contributed by atoms with Crippen LogP contribution in [-0.2, 0) is 9.47 Å². The lowest BCUT2D eigenvalue weighted by Crippen LogP contribution is -2.36. The second-order valence-corrected chi connectivity index (χ2v) is 8.73. The van der Waals surface area contributed by atoms with Gasteiger partial charge in [0.15, 0.2) is 0 Å². The van der Waals surface area contributed by atoms with Crippen molar-refractivity contribution in [1.82, 2.24) is 9.80 Å². The maximum absolute atomic E-state index is 5.92. The molecule has 4 nitrogen and oxygen atoms in total. The zero-order valence-corrected chi connectivity index (χ0v) is 18.1. The Bertz CT molecular complexity index is 521. The van der Waals surface area contributed by atoms with Crippen LogP contribution in [0.25, 0.3) is 0 Å². The summed E-state index contributed by atoms with van der Waals surface area (Å²) in [6.45, 7) is 11.8. The lowest BCUT2D eigenvalue weighted by atomic mass is 9.69. The van der Waals surface area contributed by atoms with Gasteiger partial charge in [0.2, 0.25) is 0 Å². The fraction of sp³-hybridized carbons (Fsp3) is 0.826. The van der Waals surface area contributed by atoms with E-state index >= 15 is 0 Å². The maximum atomic E-state index is 5.92. The van der Waals surface area contributed by atoms with Gasteiger partial charge in [-0.25, -0.2) is 0 Å². The van der Waals surface area contributed by atoms with E-state index in [9.17, 15) is 0 Å². The Morgan fingerprint density at radius 1 is 0.852 bits per heavy atom. The van der Waals surface area contributed by atoms with Gasteiger partial charge in [0, 0.05) is 12.0 Å². The fourth-order valence-corrected chi connectivity index (χ4v) is 5.49. The van der Waals surface area contributed by atoms with Crippen molar-refractivity contribution in [2.24, 2.45) is 10.8 Å². The first-order chi connectivity index (χ1) is 13.1. The molecule has 0 aromatic rings. The SMILES string of the molecule is CCC1(CC)C(OC)=CC2(C=C1OC)CCN(CCCN1CCCCC1)C2. The minimum Gasteiger partial charge on any atom is -0.500 e. The smallest absolute Gasteiger partial charge is 0.106 e. The van der Waals surface area contributed by atoms with Crippen LogP contribution in [0.3, 0.4) is 0 Å². The van der Waals surface area contributed by atoms with Crippen molar-refractivity contribution in [3.05, 3.63) is 23.7 Å². The first-order valence-corrected chi connectivity index (χ1v) is 11.1. The third kappa shape index (κ3) is 4.22. The average molecular weight is 377 g/mol. The van der Waals surface area contributed by atoms with Crippen LogP contribution in [0.1, 0.15) is 58.8 Å². The number of methoxy groups -OCH3 is 2. The molecule has 1 spiro atoms. The van der Waals surface area contributed by atoms with Crippen LogP contribution in [-0.4, -0.2) is 63.3 Å². The van der Waals surface area contributed by atoms with Gasteiger partial charge in [-0.2, -0.15) is 0 Å². The molecule has 27 heavy (non-hydrogen) atoms. The monoisotopic (exact) mass is 376 g/mol. The number of nitrogens with zero attached hydrogens (tertiary/aromatic N) is 2. The van der Waals surface area contributed by atoms with Crippen LogP contribution in [0.15, 0.2) is 23.7 Å². The molecule has 2 fully saturated rings. The Morgan fingerprint density at radius 2 is 1.44 bits per heavy atom. The fourth-order valence-electron chi connectivity index (χ4n) is 5.49. The van der Waals surface area contributed by atoms with Crippen molar-refractivity contribution in [2.75, 3.05) is 53.5 Å². The number of piperidine rings is 1. The zero-order chi connectivity index (χ0) is 19.3. The van der Waals surface area contributed by atoms with E-state index in [2.05, 4.69) is 35.8 Å². The van der Waals surface area contributed by atoms with E-state index in [0.717, 1.165) is 30.9 Å². The molecule has 0 radical (unpaired) electrons. The molecular weight excluding hydrogens is 336 g/mol. The van der Waals surface area contributed by atoms with E-state index in [-0.39, 0.29) is 10.8 Å². The Labute approximate surface area is 166 Å². The van der Waals surface area contributed by atoms with Gasteiger partial charge >= 0.3 is 0 Å². The van der Waals surface area contributed by atoms with Gasteiger partial charge in [-0.15, -0.1) is 0 Å². The molecule has 2 saturated heterocycles. The Hall–Kier alpha value is -1.00. The first kappa shape index (κ1) is 20.7. The molecule has 0 unspecified atom stereocenters. The van der Waals surface area contributed by atoms with Crippen LogP contribution in [0.4, 0.5) is 0 Å². The summed E-state index contributed by atoms with van der Waals surface area (Å²) >= 11 is 0. The van der Waals surface area contributed by atoms with Crippen molar-refractivity contribution in [1.29, 1.82) is 0 Å². The number of ether oxygens (including phenoxy) is 2. The van der Waals surface area contributed by atoms with Gasteiger partial charge in [0.1, 0.15) is 11.5 Å². The highest BCUT2D eigenvalue weighted by Gasteiger charge is 2.47. The molecule has 3 aliphatic rings. The normalized spacial score (nSPS) is 25.3. The van der Waals surface area contributed by atoms with E-state index in [1.54, 1.807) is 0 Å². The number of rotatable bonds is 8. The summed E-state index contributed by atoms with van der Waals surface area (Å²) in [5, 5.41) is 0. The molecular formula is C23H40N2O2. The van der Waals surface area contributed by atoms with Crippen molar-refractivity contribution < 1.29 is 9.47 Å². The largest absolute Gasteiger partial charge is 0.500 e. The molecule has 0 saturated carbocycles. The predicted octanol–water partition coefficient (Wildman–Crippen LogP) is 4.44. The molecule has 4 heteroatoms. The highest BCUT2D eigenvalue weighted by atomic mass is 16.5. The second-order valence-electron chi connectivity index (χ2n) is 8.73. The van der Waals surface area contributed by atoms with Crippen LogP contribution in [0.5, 0.6) is 0 Å². The quantitative estimate of drug-likeness (QED) is 0.625. The lowest BCUT2D eigenvalue weighted by molar-refractivity contribution is 0.102. The number of hydrogen-bond donors (Lipinski definition) is 0. The topological polar surface area (TPSA) is 24.9 Å². The Balaban J connectivity index is 1.63. The predicted molar refractivity (Wildman–Crippen MR) is 112 cm³/mol. The molecule has 0 bridgehead atoms. The van der Waals surface area contributed by atoms with E-state index in [0.29, 0.717) is 0 Å². The lowest BCUT2D eigenvalue weighted by Gasteiger charge is -2.41. The van der Waals surface area contributed by atoms with Crippen molar-refractivity contribution in [3.8, 4) is 0 Å². The Kier molecular flexibility index (Phi) is 6.91. The molecule has 2 aliphatic heterocycles. The molecule has 3 rings (SSSR count). The molecule has 0 aromatic carbocycles. The van der Waals surface area contributed by atoms with Gasteiger partial charge in [0.05, 0.1) is 19.6 Å². The standard InChI is InChI=1S/C23H40N2O2/c1-5-23(6-2)20(26-3)17-22(18-21(23)27-4)11-16-25(19-22)15-10-14-24-12-8-7-9-13-24/h17-18H,5-16,19H2,1-4H3. The van der Waals surface area contributed by atoms with Gasteiger partial charge < -0.3 is 19.3 Å². The van der Waals surface area contributed by atoms with Gasteiger partial charge in [0.25, 0.3) is 0 Å². The van der Waals surface area contributed by atoms with E-state index in [4.69, 9.17) is 9.47 Å². The highest BCUT2D eigenvalue weighted by molar-refractivity contribution is 5.35. The third-order valence-corrected chi connectivity index (χ3v) is 7.24. The van der Waals surface area contributed by atoms with Crippen molar-refractivity contribution in [2.45, 2.75) is 58.8 Å². The maximum Gasteiger partial charge on any atom is 0.106 e. The summed E-state index contributed by atoms with van der Waals surface area (Å²) in [7, 11) is 3.65. The van der Waals surface area contributed by atoms with Gasteiger partial charge in [-0.3, -0.25) is 0 Å². The molecule has 0 N–H and O–H groups in total. The van der Waals surface area contributed by atoms with E-state index < -0.39 is 0 Å². The minimum atomic E-state index is -0.0869. The Morgan fingerprint density at radius 3 is 2.00 bits per heavy atom. The van der Waals surface area contributed by atoms with Crippen molar-refractivity contribution >= 4 is 0 Å². The summed E-state index contributed by atoms with van der Waals surface area (Å²) in [6, 6.07) is 0. The number of hydrogen-bond acceptors (Lipinski definition) is 4. The van der Waals surface area contributed by atoms with Crippen LogP contribution in [0, 0.1) is 10.8 Å². The average Bonchev–Trinajstić information content (AvgIpc) is 3.10. The second kappa shape index (κ2) is 9.00.